The molecule has 2 N–H and O–H groups in total. The Morgan fingerprint density at radius 1 is 1.19 bits per heavy atom. The molecule has 1 amide bonds. The van der Waals surface area contributed by atoms with Crippen LogP contribution in [-0.2, 0) is 17.8 Å². The molecule has 0 bridgehead atoms. The van der Waals surface area contributed by atoms with E-state index in [9.17, 15) is 9.18 Å². The van der Waals surface area contributed by atoms with Crippen LogP contribution in [0.15, 0.2) is 48.7 Å². The highest BCUT2D eigenvalue weighted by atomic mass is 19.1. The number of hydrogen-bond acceptors (Lipinski definition) is 3. The van der Waals surface area contributed by atoms with Crippen LogP contribution in [0.5, 0.6) is 0 Å². The van der Waals surface area contributed by atoms with E-state index in [0.29, 0.717) is 19.5 Å². The Hall–Kier alpha value is -2.27. The SMILES string of the molecule is NC1CCCC(C(=O)N(CCc2ccccn2)Cc2ccc(F)cc2)C1. The number of hydrogen-bond donors (Lipinski definition) is 1. The molecule has 2 atom stereocenters. The second-order valence-electron chi connectivity index (χ2n) is 7.08. The minimum absolute atomic E-state index is 0.0112. The number of nitrogens with zero attached hydrogens (tertiary/aromatic N) is 2. The molecule has 1 aliphatic carbocycles. The maximum atomic E-state index is 13.2. The third-order valence-electron chi connectivity index (χ3n) is 5.03. The minimum Gasteiger partial charge on any atom is -0.338 e. The Morgan fingerprint density at radius 3 is 2.69 bits per heavy atom. The zero-order chi connectivity index (χ0) is 18.4. The maximum Gasteiger partial charge on any atom is 0.226 e. The van der Waals surface area contributed by atoms with Gasteiger partial charge in [0, 0.05) is 43.4 Å². The molecule has 138 valence electrons. The van der Waals surface area contributed by atoms with Crippen molar-refractivity contribution < 1.29 is 9.18 Å². The molecule has 1 heterocycles. The average Bonchev–Trinajstić information content (AvgIpc) is 2.67. The lowest BCUT2D eigenvalue weighted by Gasteiger charge is -2.31. The van der Waals surface area contributed by atoms with Gasteiger partial charge in [-0.05, 0) is 49.1 Å². The van der Waals surface area contributed by atoms with Crippen LogP contribution in [0.1, 0.15) is 36.9 Å². The van der Waals surface area contributed by atoms with Crippen molar-refractivity contribution in [3.8, 4) is 0 Å². The molecule has 3 rings (SSSR count). The Balaban J connectivity index is 1.71. The number of carbonyl (C=O) groups excluding carboxylic acids is 1. The number of benzene rings is 1. The summed E-state index contributed by atoms with van der Waals surface area (Å²) in [4.78, 5) is 19.3. The first kappa shape index (κ1) is 18.5. The van der Waals surface area contributed by atoms with Crippen molar-refractivity contribution in [2.45, 2.75) is 44.7 Å². The number of pyridine rings is 1. The summed E-state index contributed by atoms with van der Waals surface area (Å²) in [7, 11) is 0. The molecule has 2 unspecified atom stereocenters. The molecule has 26 heavy (non-hydrogen) atoms. The van der Waals surface area contributed by atoms with Crippen LogP contribution in [0.4, 0.5) is 4.39 Å². The molecule has 0 spiro atoms. The molecular formula is C21H26FN3O. The lowest BCUT2D eigenvalue weighted by Crippen LogP contribution is -2.41. The highest BCUT2D eigenvalue weighted by Crippen LogP contribution is 2.25. The van der Waals surface area contributed by atoms with E-state index in [1.54, 1.807) is 18.3 Å². The van der Waals surface area contributed by atoms with E-state index in [4.69, 9.17) is 5.73 Å². The first-order chi connectivity index (χ1) is 12.6. The Bertz CT molecular complexity index is 705. The number of halogens is 1. The fraction of sp³-hybridized carbons (Fsp3) is 0.429. The van der Waals surface area contributed by atoms with Crippen LogP contribution in [0.25, 0.3) is 0 Å². The van der Waals surface area contributed by atoms with Gasteiger partial charge in [0.1, 0.15) is 5.82 Å². The second kappa shape index (κ2) is 8.90. The average molecular weight is 355 g/mol. The third kappa shape index (κ3) is 5.11. The van der Waals surface area contributed by atoms with Gasteiger partial charge in [0.25, 0.3) is 0 Å². The topological polar surface area (TPSA) is 59.2 Å². The summed E-state index contributed by atoms with van der Waals surface area (Å²) in [5.41, 5.74) is 7.97. The smallest absolute Gasteiger partial charge is 0.226 e. The quantitative estimate of drug-likeness (QED) is 0.865. The van der Waals surface area contributed by atoms with E-state index in [-0.39, 0.29) is 23.7 Å². The molecule has 1 aromatic carbocycles. The fourth-order valence-corrected chi connectivity index (χ4v) is 3.58. The van der Waals surface area contributed by atoms with Gasteiger partial charge in [0.15, 0.2) is 0 Å². The summed E-state index contributed by atoms with van der Waals surface area (Å²) >= 11 is 0. The van der Waals surface area contributed by atoms with Crippen LogP contribution in [-0.4, -0.2) is 28.4 Å². The number of rotatable bonds is 6. The normalized spacial score (nSPS) is 19.9. The summed E-state index contributed by atoms with van der Waals surface area (Å²) in [5.74, 6) is -0.123. The molecule has 1 aromatic heterocycles. The molecule has 0 aliphatic heterocycles. The van der Waals surface area contributed by atoms with Gasteiger partial charge in [-0.15, -0.1) is 0 Å². The van der Waals surface area contributed by atoms with Crippen LogP contribution >= 0.6 is 0 Å². The van der Waals surface area contributed by atoms with Gasteiger partial charge in [0.05, 0.1) is 0 Å². The first-order valence-electron chi connectivity index (χ1n) is 9.30. The lowest BCUT2D eigenvalue weighted by molar-refractivity contribution is -0.137. The molecule has 1 saturated carbocycles. The van der Waals surface area contributed by atoms with Gasteiger partial charge in [-0.2, -0.15) is 0 Å². The molecule has 2 aromatic rings. The highest BCUT2D eigenvalue weighted by Gasteiger charge is 2.29. The van der Waals surface area contributed by atoms with Gasteiger partial charge >= 0.3 is 0 Å². The van der Waals surface area contributed by atoms with Crippen molar-refractivity contribution >= 4 is 5.91 Å². The van der Waals surface area contributed by atoms with Crippen molar-refractivity contribution in [3.63, 3.8) is 0 Å². The van der Waals surface area contributed by atoms with E-state index in [1.165, 1.54) is 12.1 Å². The summed E-state index contributed by atoms with van der Waals surface area (Å²) in [6, 6.07) is 12.3. The number of aromatic nitrogens is 1. The predicted octanol–water partition coefficient (Wildman–Crippen LogP) is 3.31. The third-order valence-corrected chi connectivity index (χ3v) is 5.03. The summed E-state index contributed by atoms with van der Waals surface area (Å²) in [5, 5.41) is 0. The van der Waals surface area contributed by atoms with Crippen LogP contribution < -0.4 is 5.73 Å². The van der Waals surface area contributed by atoms with E-state index in [1.807, 2.05) is 23.1 Å². The summed E-state index contributed by atoms with van der Waals surface area (Å²) < 4.78 is 13.2. The zero-order valence-electron chi connectivity index (χ0n) is 15.0. The Morgan fingerprint density at radius 2 is 2.00 bits per heavy atom. The van der Waals surface area contributed by atoms with Crippen LogP contribution in [0.2, 0.25) is 0 Å². The first-order valence-corrected chi connectivity index (χ1v) is 9.30. The molecule has 0 saturated heterocycles. The van der Waals surface area contributed by atoms with Crippen molar-refractivity contribution in [1.29, 1.82) is 0 Å². The van der Waals surface area contributed by atoms with Crippen LogP contribution in [0.3, 0.4) is 0 Å². The lowest BCUT2D eigenvalue weighted by atomic mass is 9.85. The molecule has 1 fully saturated rings. The van der Waals surface area contributed by atoms with Crippen LogP contribution in [0, 0.1) is 11.7 Å². The molecular weight excluding hydrogens is 329 g/mol. The van der Waals surface area contributed by atoms with E-state index in [0.717, 1.165) is 36.9 Å². The number of amides is 1. The summed E-state index contributed by atoms with van der Waals surface area (Å²) in [6.07, 6.45) is 6.12. The van der Waals surface area contributed by atoms with Gasteiger partial charge in [0.2, 0.25) is 5.91 Å². The fourth-order valence-electron chi connectivity index (χ4n) is 3.58. The largest absolute Gasteiger partial charge is 0.338 e. The van der Waals surface area contributed by atoms with Gasteiger partial charge in [-0.3, -0.25) is 9.78 Å². The molecule has 0 radical (unpaired) electrons. The van der Waals surface area contributed by atoms with E-state index < -0.39 is 0 Å². The number of nitrogens with two attached hydrogens (primary N) is 1. The zero-order valence-corrected chi connectivity index (χ0v) is 15.0. The maximum absolute atomic E-state index is 13.2. The summed E-state index contributed by atoms with van der Waals surface area (Å²) in [6.45, 7) is 1.08. The molecule has 4 nitrogen and oxygen atoms in total. The Labute approximate surface area is 154 Å². The number of carbonyl (C=O) groups is 1. The minimum atomic E-state index is -0.265. The van der Waals surface area contributed by atoms with Gasteiger partial charge < -0.3 is 10.6 Å². The van der Waals surface area contributed by atoms with E-state index >= 15 is 0 Å². The van der Waals surface area contributed by atoms with Crippen molar-refractivity contribution in [2.75, 3.05) is 6.54 Å². The highest BCUT2D eigenvalue weighted by molar-refractivity contribution is 5.79. The Kier molecular flexibility index (Phi) is 6.34. The standard InChI is InChI=1S/C21H26FN3O/c22-18-9-7-16(8-10-18)15-25(13-11-20-6-1-2-12-24-20)21(26)17-4-3-5-19(23)14-17/h1-2,6-10,12,17,19H,3-5,11,13-15,23H2. The van der Waals surface area contributed by atoms with Gasteiger partial charge in [-0.25, -0.2) is 4.39 Å². The molecule has 1 aliphatic rings. The van der Waals surface area contributed by atoms with Crippen molar-refractivity contribution in [2.24, 2.45) is 11.7 Å². The second-order valence-corrected chi connectivity index (χ2v) is 7.08. The molecule has 5 heteroatoms. The predicted molar refractivity (Wildman–Crippen MR) is 99.7 cm³/mol. The van der Waals surface area contributed by atoms with E-state index in [2.05, 4.69) is 4.98 Å². The van der Waals surface area contributed by atoms with Crippen molar-refractivity contribution in [1.82, 2.24) is 9.88 Å². The van der Waals surface area contributed by atoms with Gasteiger partial charge in [-0.1, -0.05) is 24.6 Å². The monoisotopic (exact) mass is 355 g/mol. The van der Waals surface area contributed by atoms with Crippen molar-refractivity contribution in [3.05, 3.63) is 65.7 Å².